The Hall–Kier alpha value is -3.06. The van der Waals surface area contributed by atoms with E-state index in [1.165, 1.54) is 44.4 Å². The van der Waals surface area contributed by atoms with Gasteiger partial charge in [0.15, 0.2) is 0 Å². The SMILES string of the molecule is Cc1[nH]c2ccccc2c1C1c2ccccc2C=Cc2ccccc21. The summed E-state index contributed by atoms with van der Waals surface area (Å²) in [6, 6.07) is 26.2. The van der Waals surface area contributed by atoms with Crippen molar-refractivity contribution in [2.45, 2.75) is 12.8 Å². The quantitative estimate of drug-likeness (QED) is 0.381. The molecule has 1 heteroatoms. The molecule has 0 amide bonds. The molecule has 0 saturated carbocycles. The Balaban J connectivity index is 1.89. The van der Waals surface area contributed by atoms with Gasteiger partial charge in [-0.05, 0) is 40.8 Å². The molecule has 1 aromatic heterocycles. The molecule has 0 aliphatic heterocycles. The van der Waals surface area contributed by atoms with Crippen molar-refractivity contribution in [3.63, 3.8) is 0 Å². The lowest BCUT2D eigenvalue weighted by Gasteiger charge is -2.21. The summed E-state index contributed by atoms with van der Waals surface area (Å²) < 4.78 is 0. The second kappa shape index (κ2) is 5.49. The molecule has 1 aliphatic carbocycles. The maximum Gasteiger partial charge on any atom is 0.0459 e. The van der Waals surface area contributed by atoms with Crippen LogP contribution in [0.1, 0.15) is 39.4 Å². The fourth-order valence-electron chi connectivity index (χ4n) is 4.18. The van der Waals surface area contributed by atoms with Crippen LogP contribution < -0.4 is 0 Å². The number of rotatable bonds is 1. The van der Waals surface area contributed by atoms with Crippen LogP contribution in [-0.4, -0.2) is 4.98 Å². The van der Waals surface area contributed by atoms with Crippen molar-refractivity contribution in [2.24, 2.45) is 0 Å². The first-order valence-electron chi connectivity index (χ1n) is 8.76. The number of para-hydroxylation sites is 1. The Morgan fingerprint density at radius 3 is 1.92 bits per heavy atom. The first kappa shape index (κ1) is 14.3. The van der Waals surface area contributed by atoms with E-state index in [9.17, 15) is 0 Å². The molecule has 0 fully saturated rings. The Morgan fingerprint density at radius 1 is 0.680 bits per heavy atom. The monoisotopic (exact) mass is 321 g/mol. The molecule has 0 saturated heterocycles. The van der Waals surface area contributed by atoms with Gasteiger partial charge in [0.1, 0.15) is 0 Å². The summed E-state index contributed by atoms with van der Waals surface area (Å²) in [5, 5.41) is 1.32. The van der Waals surface area contributed by atoms with E-state index in [2.05, 4.69) is 96.9 Å². The number of hydrogen-bond donors (Lipinski definition) is 1. The van der Waals surface area contributed by atoms with Gasteiger partial charge in [0.2, 0.25) is 0 Å². The van der Waals surface area contributed by atoms with Crippen LogP contribution in [0.25, 0.3) is 23.1 Å². The third-order valence-electron chi connectivity index (χ3n) is 5.29. The van der Waals surface area contributed by atoms with Gasteiger partial charge >= 0.3 is 0 Å². The third-order valence-corrected chi connectivity index (χ3v) is 5.29. The highest BCUT2D eigenvalue weighted by Crippen LogP contribution is 2.42. The van der Waals surface area contributed by atoms with Crippen molar-refractivity contribution in [3.8, 4) is 0 Å². The zero-order chi connectivity index (χ0) is 16.8. The molecule has 1 nitrogen and oxygen atoms in total. The van der Waals surface area contributed by atoms with Crippen LogP contribution in [0.4, 0.5) is 0 Å². The number of fused-ring (bicyclic) bond motifs is 3. The highest BCUT2D eigenvalue weighted by atomic mass is 14.7. The third kappa shape index (κ3) is 2.16. The predicted octanol–water partition coefficient (Wildman–Crippen LogP) is 6.14. The molecule has 0 spiro atoms. The minimum atomic E-state index is 0.235. The smallest absolute Gasteiger partial charge is 0.0459 e. The zero-order valence-electron chi connectivity index (χ0n) is 14.2. The lowest BCUT2D eigenvalue weighted by molar-refractivity contribution is 0.965. The number of hydrogen-bond acceptors (Lipinski definition) is 0. The molecule has 5 rings (SSSR count). The summed E-state index contributed by atoms with van der Waals surface area (Å²) in [5.41, 5.74) is 9.19. The van der Waals surface area contributed by atoms with Crippen LogP contribution in [0.2, 0.25) is 0 Å². The van der Waals surface area contributed by atoms with Crippen molar-refractivity contribution >= 4 is 23.1 Å². The van der Waals surface area contributed by atoms with E-state index in [0.29, 0.717) is 0 Å². The summed E-state index contributed by atoms with van der Waals surface area (Å²) in [6.07, 6.45) is 4.50. The zero-order valence-corrected chi connectivity index (χ0v) is 14.2. The number of nitrogens with one attached hydrogen (secondary N) is 1. The maximum absolute atomic E-state index is 3.59. The Kier molecular flexibility index (Phi) is 3.14. The van der Waals surface area contributed by atoms with Gasteiger partial charge in [-0.3, -0.25) is 0 Å². The van der Waals surface area contributed by atoms with Gasteiger partial charge in [-0.1, -0.05) is 78.9 Å². The molecule has 0 atom stereocenters. The fraction of sp³-hybridized carbons (Fsp3) is 0.0833. The van der Waals surface area contributed by atoms with Crippen LogP contribution in [-0.2, 0) is 0 Å². The Labute approximate surface area is 147 Å². The van der Waals surface area contributed by atoms with Crippen molar-refractivity contribution in [1.29, 1.82) is 0 Å². The second-order valence-electron chi connectivity index (χ2n) is 6.73. The number of benzene rings is 3. The van der Waals surface area contributed by atoms with E-state index in [-0.39, 0.29) is 5.92 Å². The number of aryl methyl sites for hydroxylation is 1. The first-order valence-corrected chi connectivity index (χ1v) is 8.76. The van der Waals surface area contributed by atoms with Gasteiger partial charge in [0.25, 0.3) is 0 Å². The van der Waals surface area contributed by atoms with E-state index >= 15 is 0 Å². The highest BCUT2D eigenvalue weighted by Gasteiger charge is 2.26. The van der Waals surface area contributed by atoms with Gasteiger partial charge in [-0.15, -0.1) is 0 Å². The highest BCUT2D eigenvalue weighted by molar-refractivity contribution is 5.88. The molecule has 1 aliphatic rings. The molecule has 120 valence electrons. The molecule has 1 heterocycles. The summed E-state index contributed by atoms with van der Waals surface area (Å²) in [6.45, 7) is 2.19. The summed E-state index contributed by atoms with van der Waals surface area (Å²) in [4.78, 5) is 3.59. The molecular formula is C24H19N. The van der Waals surface area contributed by atoms with Crippen LogP contribution >= 0.6 is 0 Å². The van der Waals surface area contributed by atoms with Crippen LogP contribution in [0.5, 0.6) is 0 Å². The molecule has 0 bridgehead atoms. The largest absolute Gasteiger partial charge is 0.358 e. The normalized spacial score (nSPS) is 13.5. The summed E-state index contributed by atoms with van der Waals surface area (Å²) >= 11 is 0. The van der Waals surface area contributed by atoms with Crippen molar-refractivity contribution in [2.75, 3.05) is 0 Å². The molecular weight excluding hydrogens is 302 g/mol. The Morgan fingerprint density at radius 2 is 1.24 bits per heavy atom. The average Bonchev–Trinajstić information content (AvgIpc) is 2.88. The summed E-state index contributed by atoms with van der Waals surface area (Å²) in [5.74, 6) is 0.235. The maximum atomic E-state index is 3.59. The van der Waals surface area contributed by atoms with Gasteiger partial charge in [0, 0.05) is 22.5 Å². The molecule has 3 aromatic carbocycles. The van der Waals surface area contributed by atoms with Crippen molar-refractivity contribution in [1.82, 2.24) is 4.98 Å². The Bertz CT molecular complexity index is 1060. The van der Waals surface area contributed by atoms with Crippen molar-refractivity contribution < 1.29 is 0 Å². The van der Waals surface area contributed by atoms with Gasteiger partial charge < -0.3 is 4.98 Å². The molecule has 4 aromatic rings. The predicted molar refractivity (Wildman–Crippen MR) is 106 cm³/mol. The average molecular weight is 321 g/mol. The van der Waals surface area contributed by atoms with Crippen LogP contribution in [0.15, 0.2) is 72.8 Å². The van der Waals surface area contributed by atoms with Crippen LogP contribution in [0.3, 0.4) is 0 Å². The molecule has 25 heavy (non-hydrogen) atoms. The second-order valence-corrected chi connectivity index (χ2v) is 6.73. The van der Waals surface area contributed by atoms with E-state index in [4.69, 9.17) is 0 Å². The van der Waals surface area contributed by atoms with Crippen molar-refractivity contribution in [3.05, 3.63) is 106 Å². The molecule has 1 N–H and O–H groups in total. The molecule has 0 radical (unpaired) electrons. The standard InChI is InChI=1S/C24H19N/c1-16-23(21-12-6-7-13-22(21)25-16)24-19-10-4-2-8-17(19)14-15-18-9-3-5-11-20(18)24/h2-15,24-25H,1H3. The van der Waals surface area contributed by atoms with E-state index < -0.39 is 0 Å². The van der Waals surface area contributed by atoms with Gasteiger partial charge in [-0.25, -0.2) is 0 Å². The van der Waals surface area contributed by atoms with Gasteiger partial charge in [-0.2, -0.15) is 0 Å². The van der Waals surface area contributed by atoms with Crippen LogP contribution in [0, 0.1) is 6.92 Å². The van der Waals surface area contributed by atoms with E-state index in [1.807, 2.05) is 0 Å². The lowest BCUT2D eigenvalue weighted by Crippen LogP contribution is -2.06. The molecule has 0 unspecified atom stereocenters. The summed E-state index contributed by atoms with van der Waals surface area (Å²) in [7, 11) is 0. The number of aromatic nitrogens is 1. The number of H-pyrrole nitrogens is 1. The minimum Gasteiger partial charge on any atom is -0.358 e. The topological polar surface area (TPSA) is 15.8 Å². The fourth-order valence-corrected chi connectivity index (χ4v) is 4.18. The van der Waals surface area contributed by atoms with Gasteiger partial charge in [0.05, 0.1) is 0 Å². The first-order chi connectivity index (χ1) is 12.3. The number of aromatic amines is 1. The van der Waals surface area contributed by atoms with E-state index in [1.54, 1.807) is 0 Å². The van der Waals surface area contributed by atoms with E-state index in [0.717, 1.165) is 0 Å². The lowest BCUT2D eigenvalue weighted by atomic mass is 9.81. The minimum absolute atomic E-state index is 0.235.